The number of hydrogen-bond donors (Lipinski definition) is 1. The van der Waals surface area contributed by atoms with Crippen molar-refractivity contribution in [3.8, 4) is 0 Å². The minimum atomic E-state index is -4.16. The number of benzene rings is 2. The first-order valence-corrected chi connectivity index (χ1v) is 13.5. The number of anilines is 1. The van der Waals surface area contributed by atoms with Crippen LogP contribution in [0.3, 0.4) is 0 Å². The molecule has 0 spiro atoms. The first-order valence-electron chi connectivity index (χ1n) is 9.94. The molecule has 1 N–H and O–H groups in total. The number of nitrogens with one attached hydrogen (secondary N) is 1. The Kier molecular flexibility index (Phi) is 6.90. The molecule has 0 bridgehead atoms. The monoisotopic (exact) mass is 484 g/mol. The third kappa shape index (κ3) is 5.08. The molecule has 0 saturated carbocycles. The summed E-state index contributed by atoms with van der Waals surface area (Å²) in [6.45, 7) is 0.150. The van der Waals surface area contributed by atoms with Gasteiger partial charge in [0.25, 0.3) is 0 Å². The summed E-state index contributed by atoms with van der Waals surface area (Å²) in [5.41, 5.74) is 1.90. The molecule has 2 aliphatic heterocycles. The summed E-state index contributed by atoms with van der Waals surface area (Å²) in [5, 5.41) is 2.94. The van der Waals surface area contributed by atoms with Crippen molar-refractivity contribution < 1.29 is 22.0 Å². The molecule has 2 fully saturated rings. The van der Waals surface area contributed by atoms with Gasteiger partial charge in [0.1, 0.15) is 16.5 Å². The quantitative estimate of drug-likeness (QED) is 0.678. The van der Waals surface area contributed by atoms with Crippen LogP contribution in [0.2, 0.25) is 0 Å². The molecule has 2 heterocycles. The Balaban J connectivity index is 1.38. The van der Waals surface area contributed by atoms with Crippen molar-refractivity contribution >= 4 is 45.1 Å². The van der Waals surface area contributed by atoms with E-state index in [0.29, 0.717) is 23.5 Å². The normalized spacial score (nSPS) is 18.9. The molecule has 0 radical (unpaired) electrons. The number of sulfonamides is 1. The van der Waals surface area contributed by atoms with E-state index in [1.54, 1.807) is 0 Å². The van der Waals surface area contributed by atoms with E-state index in [2.05, 4.69) is 11.4 Å². The minimum Gasteiger partial charge on any atom is -0.326 e. The van der Waals surface area contributed by atoms with E-state index in [4.69, 9.17) is 0 Å². The molecular weight excluding hydrogens is 462 g/mol. The summed E-state index contributed by atoms with van der Waals surface area (Å²) >= 11 is 3.78. The standard InChI is InChI=1S/C21H22F2N2O3S3/c22-16-4-5-18(23)19(13-16)31(27,28)25-8-6-14(7-9-25)20(26)24-17-3-1-2-15(12-17)21-29-10-11-30-21/h1-5,12-14,21H,6-11H2,(H,24,26). The van der Waals surface area contributed by atoms with Gasteiger partial charge in [0.05, 0.1) is 4.58 Å². The van der Waals surface area contributed by atoms with Crippen molar-refractivity contribution in [2.24, 2.45) is 5.92 Å². The Morgan fingerprint density at radius 3 is 2.45 bits per heavy atom. The first-order chi connectivity index (χ1) is 14.8. The van der Waals surface area contributed by atoms with Gasteiger partial charge in [-0.1, -0.05) is 12.1 Å². The number of piperidine rings is 1. The van der Waals surface area contributed by atoms with Crippen LogP contribution in [0.1, 0.15) is 23.0 Å². The van der Waals surface area contributed by atoms with Crippen LogP contribution < -0.4 is 5.32 Å². The molecule has 2 saturated heterocycles. The second-order valence-electron chi connectivity index (χ2n) is 7.44. The van der Waals surface area contributed by atoms with Crippen LogP contribution in [-0.2, 0) is 14.8 Å². The van der Waals surface area contributed by atoms with Gasteiger partial charge in [-0.15, -0.1) is 23.5 Å². The number of carbonyl (C=O) groups excluding carboxylic acids is 1. The molecule has 10 heteroatoms. The largest absolute Gasteiger partial charge is 0.326 e. The lowest BCUT2D eigenvalue weighted by Crippen LogP contribution is -2.41. The Morgan fingerprint density at radius 1 is 1.03 bits per heavy atom. The molecule has 4 rings (SSSR count). The molecule has 2 aliphatic rings. The van der Waals surface area contributed by atoms with Crippen LogP contribution in [0.15, 0.2) is 47.4 Å². The van der Waals surface area contributed by atoms with Crippen LogP contribution in [-0.4, -0.2) is 43.2 Å². The molecule has 0 aromatic heterocycles. The first kappa shape index (κ1) is 22.6. The fraction of sp³-hybridized carbons (Fsp3) is 0.381. The molecule has 2 aromatic carbocycles. The number of nitrogens with zero attached hydrogens (tertiary/aromatic N) is 1. The van der Waals surface area contributed by atoms with Crippen LogP contribution in [0, 0.1) is 17.6 Å². The van der Waals surface area contributed by atoms with Crippen LogP contribution in [0.4, 0.5) is 14.5 Å². The Labute approximate surface area is 189 Å². The number of amides is 1. The Bertz CT molecular complexity index is 1070. The lowest BCUT2D eigenvalue weighted by Gasteiger charge is -2.30. The highest BCUT2D eigenvalue weighted by Gasteiger charge is 2.34. The summed E-state index contributed by atoms with van der Waals surface area (Å²) < 4.78 is 54.3. The number of rotatable bonds is 5. The summed E-state index contributed by atoms with van der Waals surface area (Å²) in [6.07, 6.45) is 0.631. The maximum atomic E-state index is 14.0. The van der Waals surface area contributed by atoms with E-state index >= 15 is 0 Å². The second kappa shape index (κ2) is 9.48. The Hall–Kier alpha value is -1.62. The highest BCUT2D eigenvalue weighted by Crippen LogP contribution is 2.45. The second-order valence-corrected chi connectivity index (χ2v) is 12.1. The van der Waals surface area contributed by atoms with E-state index < -0.39 is 26.6 Å². The van der Waals surface area contributed by atoms with Crippen LogP contribution in [0.25, 0.3) is 0 Å². The molecule has 2 aromatic rings. The molecule has 0 aliphatic carbocycles. The van der Waals surface area contributed by atoms with Crippen LogP contribution >= 0.6 is 23.5 Å². The van der Waals surface area contributed by atoms with Gasteiger partial charge in [-0.25, -0.2) is 17.2 Å². The van der Waals surface area contributed by atoms with Gasteiger partial charge < -0.3 is 5.32 Å². The van der Waals surface area contributed by atoms with Gasteiger partial charge in [0, 0.05) is 36.2 Å². The van der Waals surface area contributed by atoms with Gasteiger partial charge in [-0.05, 0) is 48.7 Å². The predicted octanol–water partition coefficient (Wildman–Crippen LogP) is 4.48. The number of hydrogen-bond acceptors (Lipinski definition) is 5. The minimum absolute atomic E-state index is 0.0752. The molecule has 166 valence electrons. The molecule has 1 amide bonds. The molecule has 5 nitrogen and oxygen atoms in total. The summed E-state index contributed by atoms with van der Waals surface area (Å²) in [5.74, 6) is -0.0639. The zero-order chi connectivity index (χ0) is 22.0. The van der Waals surface area contributed by atoms with Gasteiger partial charge in [-0.3, -0.25) is 4.79 Å². The van der Waals surface area contributed by atoms with E-state index in [0.717, 1.165) is 33.6 Å². The fourth-order valence-corrected chi connectivity index (χ4v) is 8.11. The van der Waals surface area contributed by atoms with E-state index in [1.165, 1.54) is 5.56 Å². The van der Waals surface area contributed by atoms with Crippen molar-refractivity contribution in [1.82, 2.24) is 4.31 Å². The van der Waals surface area contributed by atoms with Crippen molar-refractivity contribution in [1.29, 1.82) is 0 Å². The van der Waals surface area contributed by atoms with E-state index in [1.807, 2.05) is 41.7 Å². The highest BCUT2D eigenvalue weighted by atomic mass is 32.2. The predicted molar refractivity (Wildman–Crippen MR) is 121 cm³/mol. The fourth-order valence-electron chi connectivity index (χ4n) is 3.73. The number of carbonyl (C=O) groups is 1. The molecule has 31 heavy (non-hydrogen) atoms. The molecule has 0 atom stereocenters. The maximum Gasteiger partial charge on any atom is 0.246 e. The third-order valence-electron chi connectivity index (χ3n) is 5.38. The topological polar surface area (TPSA) is 66.5 Å². The third-order valence-corrected chi connectivity index (χ3v) is 10.4. The average Bonchev–Trinajstić information content (AvgIpc) is 3.31. The zero-order valence-corrected chi connectivity index (χ0v) is 19.0. The van der Waals surface area contributed by atoms with Crippen LogP contribution in [0.5, 0.6) is 0 Å². The summed E-state index contributed by atoms with van der Waals surface area (Å²) in [4.78, 5) is 12.1. The highest BCUT2D eigenvalue weighted by molar-refractivity contribution is 8.19. The Morgan fingerprint density at radius 2 is 1.74 bits per heavy atom. The molecule has 0 unspecified atom stereocenters. The van der Waals surface area contributed by atoms with Crippen molar-refractivity contribution in [2.45, 2.75) is 22.3 Å². The SMILES string of the molecule is O=C(Nc1cccc(C2SCCS2)c1)C1CCN(S(=O)(=O)c2cc(F)ccc2F)CC1. The van der Waals surface area contributed by atoms with Gasteiger partial charge in [0.15, 0.2) is 0 Å². The van der Waals surface area contributed by atoms with Gasteiger partial charge >= 0.3 is 0 Å². The van der Waals surface area contributed by atoms with Crippen molar-refractivity contribution in [3.05, 3.63) is 59.7 Å². The summed E-state index contributed by atoms with van der Waals surface area (Å²) in [6, 6.07) is 10.2. The van der Waals surface area contributed by atoms with Crippen molar-refractivity contribution in [2.75, 3.05) is 29.9 Å². The van der Waals surface area contributed by atoms with Crippen molar-refractivity contribution in [3.63, 3.8) is 0 Å². The summed E-state index contributed by atoms with van der Waals surface area (Å²) in [7, 11) is -4.16. The average molecular weight is 485 g/mol. The van der Waals surface area contributed by atoms with Gasteiger partial charge in [0.2, 0.25) is 15.9 Å². The van der Waals surface area contributed by atoms with Gasteiger partial charge in [-0.2, -0.15) is 4.31 Å². The number of thioether (sulfide) groups is 2. The lowest BCUT2D eigenvalue weighted by atomic mass is 9.97. The van der Waals surface area contributed by atoms with E-state index in [-0.39, 0.29) is 24.9 Å². The maximum absolute atomic E-state index is 14.0. The molecular formula is C21H22F2N2O3S3. The van der Waals surface area contributed by atoms with E-state index in [9.17, 15) is 22.0 Å². The lowest BCUT2D eigenvalue weighted by molar-refractivity contribution is -0.120. The number of halogens is 2. The zero-order valence-electron chi connectivity index (χ0n) is 16.6. The smallest absolute Gasteiger partial charge is 0.246 e.